The fraction of sp³-hybridized carbons (Fsp3) is 0.0714. The van der Waals surface area contributed by atoms with Gasteiger partial charge < -0.3 is 9.64 Å². The second-order valence-corrected chi connectivity index (χ2v) is 15.6. The molecule has 0 fully saturated rings. The van der Waals surface area contributed by atoms with Gasteiger partial charge in [0.1, 0.15) is 11.5 Å². The molecule has 1 heterocycles. The van der Waals surface area contributed by atoms with Crippen LogP contribution in [0.2, 0.25) is 0 Å². The highest BCUT2D eigenvalue weighted by Crippen LogP contribution is 2.52. The third-order valence-electron chi connectivity index (χ3n) is 12.5. The van der Waals surface area contributed by atoms with E-state index in [1.165, 1.54) is 50.1 Å². The average Bonchev–Trinajstić information content (AvgIpc) is 3.69. The second kappa shape index (κ2) is 14.1. The Morgan fingerprint density at radius 2 is 1.02 bits per heavy atom. The summed E-state index contributed by atoms with van der Waals surface area (Å²) in [5.41, 5.74) is 16.9. The van der Waals surface area contributed by atoms with E-state index in [2.05, 4.69) is 223 Å². The Morgan fingerprint density at radius 3 is 1.76 bits per heavy atom. The maximum atomic E-state index is 6.50. The van der Waals surface area contributed by atoms with Crippen LogP contribution in [0.1, 0.15) is 45.7 Å². The average molecular weight is 744 g/mol. The summed E-state index contributed by atoms with van der Waals surface area (Å²) < 4.78 is 6.50. The van der Waals surface area contributed by atoms with Crippen molar-refractivity contribution in [3.63, 3.8) is 0 Å². The molecule has 0 spiro atoms. The highest BCUT2D eigenvalue weighted by molar-refractivity contribution is 5.84. The molecule has 0 saturated heterocycles. The van der Waals surface area contributed by atoms with Crippen molar-refractivity contribution in [2.75, 3.05) is 4.90 Å². The van der Waals surface area contributed by atoms with Gasteiger partial charge in [0.15, 0.2) is 0 Å². The zero-order chi connectivity index (χ0) is 38.5. The van der Waals surface area contributed by atoms with Crippen molar-refractivity contribution in [2.45, 2.75) is 24.2 Å². The number of benzene rings is 8. The summed E-state index contributed by atoms with van der Waals surface area (Å²) in [6.07, 6.45) is 6.37. The minimum absolute atomic E-state index is 0.262. The molecule has 8 aromatic carbocycles. The standard InChI is InChI=1S/C56H41NO/c1-3-14-39(15-4-1)40-26-32-45(33-27-40)57(46-34-28-41(29-35-46)49-22-13-23-52-51-21-10-12-25-54(51)58-55(49)52)47-36-30-44(31-37-47)56(43-17-5-2-6-18-43)38-42-16-7-8-19-48(42)50-20-9-11-24-53(50)56/h1-22,24-37,52H,23,38H2. The maximum absolute atomic E-state index is 6.50. The molecule has 3 aliphatic rings. The predicted molar refractivity (Wildman–Crippen MR) is 239 cm³/mol. The van der Waals surface area contributed by atoms with E-state index < -0.39 is 0 Å². The Hall–Kier alpha value is -7.16. The van der Waals surface area contributed by atoms with E-state index in [0.717, 1.165) is 52.5 Å². The Bertz CT molecular complexity index is 2840. The fourth-order valence-electron chi connectivity index (χ4n) is 9.69. The molecule has 8 aromatic rings. The van der Waals surface area contributed by atoms with Crippen LogP contribution in [0.4, 0.5) is 17.1 Å². The largest absolute Gasteiger partial charge is 0.460 e. The van der Waals surface area contributed by atoms with E-state index in [0.29, 0.717) is 0 Å². The topological polar surface area (TPSA) is 12.5 Å². The molecule has 1 aliphatic heterocycles. The number of para-hydroxylation sites is 1. The number of hydrogen-bond donors (Lipinski definition) is 0. The van der Waals surface area contributed by atoms with Crippen LogP contribution >= 0.6 is 0 Å². The van der Waals surface area contributed by atoms with E-state index in [1.807, 2.05) is 0 Å². The van der Waals surface area contributed by atoms with Gasteiger partial charge in [0.25, 0.3) is 0 Å². The van der Waals surface area contributed by atoms with Gasteiger partial charge in [-0.3, -0.25) is 0 Å². The highest BCUT2D eigenvalue weighted by Gasteiger charge is 2.42. The quantitative estimate of drug-likeness (QED) is 0.161. The van der Waals surface area contributed by atoms with Crippen LogP contribution in [-0.4, -0.2) is 0 Å². The highest BCUT2D eigenvalue weighted by atomic mass is 16.5. The van der Waals surface area contributed by atoms with Crippen LogP contribution in [0, 0.1) is 0 Å². The number of hydrogen-bond acceptors (Lipinski definition) is 2. The number of allylic oxidation sites excluding steroid dienone is 4. The predicted octanol–water partition coefficient (Wildman–Crippen LogP) is 14.2. The van der Waals surface area contributed by atoms with Gasteiger partial charge in [-0.15, -0.1) is 0 Å². The van der Waals surface area contributed by atoms with Gasteiger partial charge in [-0.25, -0.2) is 0 Å². The summed E-state index contributed by atoms with van der Waals surface area (Å²) >= 11 is 0. The van der Waals surface area contributed by atoms with Crippen molar-refractivity contribution in [1.29, 1.82) is 0 Å². The first kappa shape index (κ1) is 34.1. The lowest BCUT2D eigenvalue weighted by molar-refractivity contribution is 0.429. The first-order valence-corrected chi connectivity index (χ1v) is 20.3. The molecular weight excluding hydrogens is 703 g/mol. The van der Waals surface area contributed by atoms with Crippen molar-refractivity contribution >= 4 is 22.6 Å². The SMILES string of the molecule is C1=CC(c2ccc(N(c3ccc(-c4ccccc4)cc3)c3ccc(C4(c5ccccc5)Cc5ccccc5-c5ccccc54)cc3)cc2)=C2Oc3ccccc3C2C1. The normalized spacial score (nSPS) is 17.4. The van der Waals surface area contributed by atoms with Crippen LogP contribution < -0.4 is 9.64 Å². The van der Waals surface area contributed by atoms with Crippen LogP contribution in [-0.2, 0) is 11.8 Å². The molecule has 2 nitrogen and oxygen atoms in total. The molecule has 11 rings (SSSR count). The zero-order valence-electron chi connectivity index (χ0n) is 32.1. The van der Waals surface area contributed by atoms with Crippen LogP contribution in [0.3, 0.4) is 0 Å². The van der Waals surface area contributed by atoms with Gasteiger partial charge in [0.05, 0.1) is 0 Å². The van der Waals surface area contributed by atoms with Crippen molar-refractivity contribution in [3.8, 4) is 28.0 Å². The van der Waals surface area contributed by atoms with E-state index in [9.17, 15) is 0 Å². The molecule has 58 heavy (non-hydrogen) atoms. The molecule has 2 atom stereocenters. The Balaban J connectivity index is 1.02. The Morgan fingerprint density at radius 1 is 0.466 bits per heavy atom. The lowest BCUT2D eigenvalue weighted by Crippen LogP contribution is -2.35. The molecule has 0 aromatic heterocycles. The first-order valence-electron chi connectivity index (χ1n) is 20.3. The van der Waals surface area contributed by atoms with Gasteiger partial charge in [0.2, 0.25) is 0 Å². The number of fused-ring (bicyclic) bond motifs is 6. The third kappa shape index (κ3) is 5.64. The van der Waals surface area contributed by atoms with Crippen molar-refractivity contribution in [1.82, 2.24) is 0 Å². The van der Waals surface area contributed by atoms with E-state index in [-0.39, 0.29) is 11.3 Å². The lowest BCUT2D eigenvalue weighted by atomic mass is 9.61. The number of rotatable bonds is 7. The summed E-state index contributed by atoms with van der Waals surface area (Å²) in [6.45, 7) is 0. The third-order valence-corrected chi connectivity index (χ3v) is 12.5. The molecule has 2 unspecified atom stereocenters. The zero-order valence-corrected chi connectivity index (χ0v) is 32.1. The number of nitrogens with zero attached hydrogens (tertiary/aromatic N) is 1. The fourth-order valence-corrected chi connectivity index (χ4v) is 9.69. The molecule has 2 heteroatoms. The van der Waals surface area contributed by atoms with Crippen LogP contribution in [0.15, 0.2) is 224 Å². The molecule has 2 aliphatic carbocycles. The summed E-state index contributed by atoms with van der Waals surface area (Å²) in [7, 11) is 0. The van der Waals surface area contributed by atoms with Crippen molar-refractivity contribution in [3.05, 3.63) is 258 Å². The summed E-state index contributed by atoms with van der Waals surface area (Å²) in [6, 6.07) is 75.3. The van der Waals surface area contributed by atoms with E-state index in [4.69, 9.17) is 4.74 Å². The Kier molecular flexibility index (Phi) is 8.29. The van der Waals surface area contributed by atoms with E-state index >= 15 is 0 Å². The minimum Gasteiger partial charge on any atom is -0.460 e. The monoisotopic (exact) mass is 743 g/mol. The second-order valence-electron chi connectivity index (χ2n) is 15.6. The van der Waals surface area contributed by atoms with Crippen LogP contribution in [0.25, 0.3) is 27.8 Å². The summed E-state index contributed by atoms with van der Waals surface area (Å²) in [4.78, 5) is 2.38. The molecule has 0 saturated carbocycles. The minimum atomic E-state index is -0.350. The summed E-state index contributed by atoms with van der Waals surface area (Å²) in [5.74, 6) is 2.29. The molecule has 0 bridgehead atoms. The van der Waals surface area contributed by atoms with Crippen molar-refractivity contribution < 1.29 is 4.74 Å². The molecule has 0 N–H and O–H groups in total. The number of ether oxygens (including phenoxy) is 1. The number of anilines is 3. The molecule has 0 amide bonds. The molecule has 0 radical (unpaired) electrons. The maximum Gasteiger partial charge on any atom is 0.130 e. The lowest BCUT2D eigenvalue weighted by Gasteiger charge is -2.41. The summed E-state index contributed by atoms with van der Waals surface area (Å²) in [5, 5.41) is 0. The smallest absolute Gasteiger partial charge is 0.130 e. The van der Waals surface area contributed by atoms with Gasteiger partial charge in [-0.05, 0) is 105 Å². The van der Waals surface area contributed by atoms with Gasteiger partial charge in [0, 0.05) is 39.5 Å². The van der Waals surface area contributed by atoms with Gasteiger partial charge in [-0.1, -0.05) is 176 Å². The first-order chi connectivity index (χ1) is 28.7. The van der Waals surface area contributed by atoms with E-state index in [1.54, 1.807) is 0 Å². The van der Waals surface area contributed by atoms with Crippen molar-refractivity contribution in [2.24, 2.45) is 0 Å². The Labute approximate surface area is 340 Å². The van der Waals surface area contributed by atoms with Gasteiger partial charge >= 0.3 is 0 Å². The van der Waals surface area contributed by atoms with Gasteiger partial charge in [-0.2, -0.15) is 0 Å². The molecule has 276 valence electrons. The molecular formula is C56H41NO. The van der Waals surface area contributed by atoms with Crippen LogP contribution in [0.5, 0.6) is 5.75 Å².